The van der Waals surface area contributed by atoms with E-state index in [1.54, 1.807) is 29.6 Å². The minimum Gasteiger partial charge on any atom is -0.404 e. The SMILES string of the molecule is C.CC(C)c1ccc(-c2cc3cccc(-c4ccc5c(c4)CCC(=O)N5C)c3cn2)cn1.CCC.CN=C/C(=C\N)c1cc2c(cc1C(F)F)N(c1cc(C(C)C)cc3c1cc(C)c(=O)n3C)CCC2. The van der Waals surface area contributed by atoms with Crippen LogP contribution in [-0.4, -0.2) is 47.3 Å². The fourth-order valence-electron chi connectivity index (χ4n) is 9.25. The van der Waals surface area contributed by atoms with E-state index in [0.717, 1.165) is 97.2 Å². The van der Waals surface area contributed by atoms with Gasteiger partial charge in [-0.3, -0.25) is 24.5 Å². The van der Waals surface area contributed by atoms with Crippen molar-refractivity contribution in [3.63, 3.8) is 0 Å². The summed E-state index contributed by atoms with van der Waals surface area (Å²) in [5.41, 5.74) is 19.4. The summed E-state index contributed by atoms with van der Waals surface area (Å²) in [6.45, 7) is 15.3. The van der Waals surface area contributed by atoms with Gasteiger partial charge in [0.05, 0.1) is 16.9 Å². The second-order valence-corrected chi connectivity index (χ2v) is 18.7. The van der Waals surface area contributed by atoms with Gasteiger partial charge in [0, 0.05) is 109 Å². The first-order valence-electron chi connectivity index (χ1n) is 24.1. The summed E-state index contributed by atoms with van der Waals surface area (Å²) in [6, 6.07) is 28.6. The van der Waals surface area contributed by atoms with Gasteiger partial charge in [0.2, 0.25) is 5.91 Å². The number of halogens is 2. The van der Waals surface area contributed by atoms with E-state index in [0.29, 0.717) is 35.6 Å². The Balaban J connectivity index is 0.000000216. The highest BCUT2D eigenvalue weighted by Crippen LogP contribution is 2.43. The molecule has 0 spiro atoms. The minimum atomic E-state index is -2.67. The summed E-state index contributed by atoms with van der Waals surface area (Å²) in [5.74, 6) is 0.831. The first-order chi connectivity index (χ1) is 33.1. The maximum absolute atomic E-state index is 14.3. The van der Waals surface area contributed by atoms with E-state index in [-0.39, 0.29) is 30.4 Å². The first kappa shape index (κ1) is 52.4. The van der Waals surface area contributed by atoms with Crippen LogP contribution in [0.4, 0.5) is 25.8 Å². The number of rotatable bonds is 8. The first-order valence-corrected chi connectivity index (χ1v) is 24.1. The molecular weight excluding hydrogens is 877 g/mol. The number of carbonyl (C=O) groups excluding carboxylic acids is 1. The molecule has 0 fully saturated rings. The Morgan fingerprint density at radius 1 is 0.800 bits per heavy atom. The topological polar surface area (TPSA) is 110 Å². The van der Waals surface area contributed by atoms with Gasteiger partial charge in [-0.05, 0) is 137 Å². The van der Waals surface area contributed by atoms with Crippen LogP contribution < -0.4 is 21.1 Å². The quantitative estimate of drug-likeness (QED) is 0.152. The number of pyridine rings is 3. The van der Waals surface area contributed by atoms with Crippen LogP contribution in [0.15, 0.2) is 113 Å². The number of alkyl halides is 2. The molecule has 9 rings (SSSR count). The Kier molecular flexibility index (Phi) is 16.9. The highest BCUT2D eigenvalue weighted by atomic mass is 19.3. The maximum atomic E-state index is 14.3. The zero-order valence-electron chi connectivity index (χ0n) is 41.7. The second-order valence-electron chi connectivity index (χ2n) is 18.7. The summed E-state index contributed by atoms with van der Waals surface area (Å²) in [4.78, 5) is 41.9. The summed E-state index contributed by atoms with van der Waals surface area (Å²) in [5, 5.41) is 3.21. The molecule has 2 N–H and O–H groups in total. The number of hydrogen-bond acceptors (Lipinski definition) is 7. The van der Waals surface area contributed by atoms with Crippen molar-refractivity contribution in [3.8, 4) is 22.4 Å². The van der Waals surface area contributed by atoms with E-state index in [1.165, 1.54) is 24.4 Å². The molecule has 0 saturated heterocycles. The van der Waals surface area contributed by atoms with E-state index in [9.17, 15) is 18.4 Å². The molecule has 11 heteroatoms. The van der Waals surface area contributed by atoms with Gasteiger partial charge in [0.25, 0.3) is 12.0 Å². The summed E-state index contributed by atoms with van der Waals surface area (Å²) < 4.78 is 30.2. The fraction of sp³-hybridized carbons (Fsp3) is 0.339. The molecule has 0 unspecified atom stereocenters. The molecule has 7 aromatic rings. The van der Waals surface area contributed by atoms with Crippen molar-refractivity contribution in [2.75, 3.05) is 30.4 Å². The average Bonchev–Trinajstić information content (AvgIpc) is 3.35. The lowest BCUT2D eigenvalue weighted by molar-refractivity contribution is -0.118. The molecule has 0 atom stereocenters. The summed E-state index contributed by atoms with van der Waals surface area (Å²) >= 11 is 0. The number of aryl methyl sites for hydroxylation is 4. The predicted molar refractivity (Wildman–Crippen MR) is 290 cm³/mol. The van der Waals surface area contributed by atoms with Crippen molar-refractivity contribution in [1.82, 2.24) is 14.5 Å². The number of amides is 1. The van der Waals surface area contributed by atoms with E-state index in [1.807, 2.05) is 38.5 Å². The molecular formula is C59H69F2N7O2. The third-order valence-electron chi connectivity index (χ3n) is 13.0. The van der Waals surface area contributed by atoms with Crippen molar-refractivity contribution in [2.24, 2.45) is 17.8 Å². The summed E-state index contributed by atoms with van der Waals surface area (Å²) in [6.07, 6.45) is 8.31. The van der Waals surface area contributed by atoms with Gasteiger partial charge in [0.1, 0.15) is 0 Å². The van der Waals surface area contributed by atoms with Gasteiger partial charge < -0.3 is 20.1 Å². The van der Waals surface area contributed by atoms with Crippen molar-refractivity contribution in [1.29, 1.82) is 0 Å². The Labute approximate surface area is 412 Å². The molecule has 70 heavy (non-hydrogen) atoms. The number of benzene rings is 4. The number of aliphatic imine (C=N–C) groups is 1. The van der Waals surface area contributed by atoms with Gasteiger partial charge in [-0.15, -0.1) is 0 Å². The molecule has 3 aromatic heterocycles. The molecule has 1 amide bonds. The number of fused-ring (bicyclic) bond motifs is 4. The van der Waals surface area contributed by atoms with E-state index in [2.05, 4.69) is 123 Å². The van der Waals surface area contributed by atoms with Crippen LogP contribution in [0.1, 0.15) is 126 Å². The molecule has 0 aliphatic carbocycles. The minimum absolute atomic E-state index is 0. The third-order valence-corrected chi connectivity index (χ3v) is 13.0. The van der Waals surface area contributed by atoms with E-state index in [4.69, 9.17) is 10.7 Å². The number of carbonyl (C=O) groups is 1. The van der Waals surface area contributed by atoms with Gasteiger partial charge in [-0.25, -0.2) is 8.78 Å². The van der Waals surface area contributed by atoms with Crippen molar-refractivity contribution >= 4 is 56.4 Å². The second kappa shape index (κ2) is 22.6. The zero-order valence-corrected chi connectivity index (χ0v) is 41.7. The van der Waals surface area contributed by atoms with Crippen LogP contribution >= 0.6 is 0 Å². The van der Waals surface area contributed by atoms with Crippen LogP contribution in [-0.2, 0) is 24.7 Å². The van der Waals surface area contributed by atoms with E-state index >= 15 is 0 Å². The molecule has 4 aromatic carbocycles. The Bertz CT molecular complexity index is 3130. The largest absolute Gasteiger partial charge is 0.404 e. The van der Waals surface area contributed by atoms with Crippen molar-refractivity contribution in [2.45, 2.75) is 106 Å². The Morgan fingerprint density at radius 2 is 1.53 bits per heavy atom. The highest BCUT2D eigenvalue weighted by molar-refractivity contribution is 6.10. The highest BCUT2D eigenvalue weighted by Gasteiger charge is 2.27. The lowest BCUT2D eigenvalue weighted by atomic mass is 9.91. The van der Waals surface area contributed by atoms with Crippen molar-refractivity contribution in [3.05, 3.63) is 153 Å². The van der Waals surface area contributed by atoms with Crippen LogP contribution in [0.3, 0.4) is 0 Å². The van der Waals surface area contributed by atoms with Crippen LogP contribution in [0.2, 0.25) is 0 Å². The molecule has 0 bridgehead atoms. The molecule has 0 radical (unpaired) electrons. The number of hydrogen-bond donors (Lipinski definition) is 1. The maximum Gasteiger partial charge on any atom is 0.264 e. The number of nitrogens with zero attached hydrogens (tertiary/aromatic N) is 6. The van der Waals surface area contributed by atoms with Crippen LogP contribution in [0.5, 0.6) is 0 Å². The molecule has 366 valence electrons. The smallest absolute Gasteiger partial charge is 0.264 e. The van der Waals surface area contributed by atoms with Crippen LogP contribution in [0, 0.1) is 6.92 Å². The fourth-order valence-corrected chi connectivity index (χ4v) is 9.25. The Hall–Kier alpha value is -7.01. The Morgan fingerprint density at radius 3 is 2.19 bits per heavy atom. The predicted octanol–water partition coefficient (Wildman–Crippen LogP) is 14.0. The third kappa shape index (κ3) is 10.7. The molecule has 2 aliphatic heterocycles. The lowest BCUT2D eigenvalue weighted by Gasteiger charge is -2.34. The standard InChI is InChI=1S/C28H32F2N4O.C27H25N3O.C3H8.CH4/c1-16(2)19-11-25-23(9-17(3)28(35)33(25)5)26(12-19)34-8-6-7-18-10-21(20(14-31)15-32-4)22(27(29)30)13-24(18)34;1-17(2)24-10-7-21(15-28-24)25-14-18-5-4-6-22(23(18)16-29-25)19-8-11-26-20(13-19)9-12-27(31)30(26)3;1-3-2;/h9-16,27H,6-8,31H2,1-5H3;4-8,10-11,13-17H,9,12H2,1-3H3;3H2,1-2H3;1H4/b20-14+,32-15?;;;. The molecule has 5 heterocycles. The molecule has 0 saturated carbocycles. The number of nitrogens with two attached hydrogens (primary N) is 1. The van der Waals surface area contributed by atoms with Crippen LogP contribution in [0.25, 0.3) is 49.6 Å². The van der Waals surface area contributed by atoms with Crippen molar-refractivity contribution < 1.29 is 13.6 Å². The number of aromatic nitrogens is 3. The normalized spacial score (nSPS) is 13.6. The summed E-state index contributed by atoms with van der Waals surface area (Å²) in [7, 11) is 5.23. The molecule has 9 nitrogen and oxygen atoms in total. The lowest BCUT2D eigenvalue weighted by Crippen LogP contribution is -2.30. The number of anilines is 3. The average molecular weight is 946 g/mol. The number of allylic oxidation sites excluding steroid dienone is 1. The molecule has 2 aliphatic rings. The van der Waals surface area contributed by atoms with E-state index < -0.39 is 6.43 Å². The van der Waals surface area contributed by atoms with Gasteiger partial charge in [0.15, 0.2) is 0 Å². The monoisotopic (exact) mass is 946 g/mol. The zero-order chi connectivity index (χ0) is 49.7. The van der Waals surface area contributed by atoms with Gasteiger partial charge in [-0.1, -0.05) is 79.7 Å². The van der Waals surface area contributed by atoms with Gasteiger partial charge in [-0.2, -0.15) is 0 Å². The van der Waals surface area contributed by atoms with Gasteiger partial charge >= 0.3 is 0 Å².